The Hall–Kier alpha value is -2.93. The minimum Gasteiger partial charge on any atom is -0.325 e. The van der Waals surface area contributed by atoms with Crippen LogP contribution in [-0.4, -0.2) is 26.5 Å². The van der Waals surface area contributed by atoms with Gasteiger partial charge in [-0.2, -0.15) is 0 Å². The third-order valence-corrected chi connectivity index (χ3v) is 5.44. The fourth-order valence-corrected chi connectivity index (χ4v) is 3.57. The van der Waals surface area contributed by atoms with E-state index in [9.17, 15) is 9.59 Å². The number of carbonyl (C=O) groups is 2. The van der Waals surface area contributed by atoms with E-state index in [-0.39, 0.29) is 11.7 Å². The number of nitrogens with zero attached hydrogens (tertiary/aromatic N) is 3. The average Bonchev–Trinajstić information content (AvgIpc) is 2.98. The Morgan fingerprint density at radius 1 is 1.07 bits per heavy atom. The van der Waals surface area contributed by atoms with E-state index >= 15 is 0 Å². The molecule has 138 valence electrons. The summed E-state index contributed by atoms with van der Waals surface area (Å²) in [6.07, 6.45) is 0. The van der Waals surface area contributed by atoms with Crippen LogP contribution in [0.3, 0.4) is 0 Å². The minimum atomic E-state index is -0.505. The standard InChI is InChI=1S/C20H20N4O2S/c1-13(25)16-10-7-11-17(12-16)21-19(26)18(15-8-5-4-6-9-15)27-20-23-22-14(2)24(20)3/h4-12,18H,1-3H3,(H,21,26)/t18-/m0/s1. The van der Waals surface area contributed by atoms with Crippen molar-refractivity contribution in [1.82, 2.24) is 14.8 Å². The van der Waals surface area contributed by atoms with Gasteiger partial charge in [0.1, 0.15) is 11.1 Å². The quantitative estimate of drug-likeness (QED) is 0.520. The van der Waals surface area contributed by atoms with E-state index in [2.05, 4.69) is 15.5 Å². The number of hydrogen-bond acceptors (Lipinski definition) is 5. The SMILES string of the molecule is CC(=O)c1cccc(NC(=O)[C@@H](Sc2nnc(C)n2C)c2ccccc2)c1. The molecule has 0 saturated heterocycles. The summed E-state index contributed by atoms with van der Waals surface area (Å²) in [5, 5.41) is 11.3. The zero-order valence-corrected chi connectivity index (χ0v) is 16.2. The highest BCUT2D eigenvalue weighted by atomic mass is 32.2. The molecule has 0 fully saturated rings. The molecule has 1 atom stereocenters. The molecule has 2 aromatic carbocycles. The van der Waals surface area contributed by atoms with Crippen molar-refractivity contribution in [3.05, 3.63) is 71.5 Å². The van der Waals surface area contributed by atoms with E-state index in [4.69, 9.17) is 0 Å². The number of carbonyl (C=O) groups excluding carboxylic acids is 2. The maximum atomic E-state index is 13.0. The van der Waals surface area contributed by atoms with Crippen LogP contribution in [0.2, 0.25) is 0 Å². The first kappa shape index (κ1) is 18.8. The van der Waals surface area contributed by atoms with Gasteiger partial charge in [0.25, 0.3) is 0 Å². The molecule has 1 aromatic heterocycles. The van der Waals surface area contributed by atoms with Crippen LogP contribution in [0.1, 0.15) is 33.9 Å². The van der Waals surface area contributed by atoms with Gasteiger partial charge in [-0.1, -0.05) is 54.2 Å². The normalized spacial score (nSPS) is 11.8. The van der Waals surface area contributed by atoms with E-state index < -0.39 is 5.25 Å². The predicted molar refractivity (Wildman–Crippen MR) is 106 cm³/mol. The summed E-state index contributed by atoms with van der Waals surface area (Å²) in [5.41, 5.74) is 2.01. The van der Waals surface area contributed by atoms with Gasteiger partial charge >= 0.3 is 0 Å². The largest absolute Gasteiger partial charge is 0.325 e. The van der Waals surface area contributed by atoms with Crippen LogP contribution in [0.5, 0.6) is 0 Å². The summed E-state index contributed by atoms with van der Waals surface area (Å²) in [6.45, 7) is 3.36. The molecule has 3 aromatic rings. The monoisotopic (exact) mass is 380 g/mol. The van der Waals surface area contributed by atoms with Gasteiger partial charge in [0.2, 0.25) is 5.91 Å². The number of ketones is 1. The zero-order chi connectivity index (χ0) is 19.4. The lowest BCUT2D eigenvalue weighted by Crippen LogP contribution is -2.19. The van der Waals surface area contributed by atoms with Crippen molar-refractivity contribution in [3.8, 4) is 0 Å². The Balaban J connectivity index is 1.88. The van der Waals surface area contributed by atoms with Gasteiger partial charge in [-0.25, -0.2) is 0 Å². The van der Waals surface area contributed by atoms with Crippen LogP contribution in [0.4, 0.5) is 5.69 Å². The lowest BCUT2D eigenvalue weighted by atomic mass is 10.1. The highest BCUT2D eigenvalue weighted by Crippen LogP contribution is 2.35. The van der Waals surface area contributed by atoms with Crippen LogP contribution in [0.25, 0.3) is 0 Å². The van der Waals surface area contributed by atoms with E-state index in [0.717, 1.165) is 11.4 Å². The summed E-state index contributed by atoms with van der Waals surface area (Å²) in [4.78, 5) is 24.6. The summed E-state index contributed by atoms with van der Waals surface area (Å²) >= 11 is 1.34. The number of amides is 1. The lowest BCUT2D eigenvalue weighted by molar-refractivity contribution is -0.115. The topological polar surface area (TPSA) is 76.9 Å². The highest BCUT2D eigenvalue weighted by molar-refractivity contribution is 8.00. The van der Waals surface area contributed by atoms with Gasteiger partial charge in [-0.15, -0.1) is 10.2 Å². The van der Waals surface area contributed by atoms with Gasteiger partial charge < -0.3 is 9.88 Å². The zero-order valence-electron chi connectivity index (χ0n) is 15.3. The fraction of sp³-hybridized carbons (Fsp3) is 0.200. The molecule has 1 amide bonds. The van der Waals surface area contributed by atoms with Crippen molar-refractivity contribution in [3.63, 3.8) is 0 Å². The molecule has 0 unspecified atom stereocenters. The second-order valence-corrected chi connectivity index (χ2v) is 7.20. The molecule has 0 aliphatic carbocycles. The van der Waals surface area contributed by atoms with Gasteiger partial charge in [0, 0.05) is 18.3 Å². The minimum absolute atomic E-state index is 0.0466. The maximum Gasteiger partial charge on any atom is 0.242 e. The lowest BCUT2D eigenvalue weighted by Gasteiger charge is -2.17. The van der Waals surface area contributed by atoms with Gasteiger partial charge in [0.05, 0.1) is 0 Å². The van der Waals surface area contributed by atoms with Crippen molar-refractivity contribution in [2.45, 2.75) is 24.3 Å². The molecular formula is C20H20N4O2S. The summed E-state index contributed by atoms with van der Waals surface area (Å²) in [7, 11) is 1.87. The fourth-order valence-electron chi connectivity index (χ4n) is 2.52. The molecule has 1 heterocycles. The number of nitrogens with one attached hydrogen (secondary N) is 1. The number of rotatable bonds is 6. The molecule has 27 heavy (non-hydrogen) atoms. The number of hydrogen-bond donors (Lipinski definition) is 1. The van der Waals surface area contributed by atoms with Crippen LogP contribution < -0.4 is 5.32 Å². The Labute approximate surface area is 162 Å². The molecule has 0 bridgehead atoms. The van der Waals surface area contributed by atoms with Crippen LogP contribution in [-0.2, 0) is 11.8 Å². The predicted octanol–water partition coefficient (Wildman–Crippen LogP) is 3.80. The first-order valence-electron chi connectivity index (χ1n) is 8.45. The Kier molecular flexibility index (Phi) is 5.71. The van der Waals surface area contributed by atoms with Crippen molar-refractivity contribution in [1.29, 1.82) is 0 Å². The average molecular weight is 380 g/mol. The van der Waals surface area contributed by atoms with Crippen LogP contribution >= 0.6 is 11.8 Å². The second-order valence-electron chi connectivity index (χ2n) is 6.12. The molecule has 0 aliphatic heterocycles. The van der Waals surface area contributed by atoms with Gasteiger partial charge in [-0.05, 0) is 31.5 Å². The highest BCUT2D eigenvalue weighted by Gasteiger charge is 2.25. The Morgan fingerprint density at radius 3 is 2.44 bits per heavy atom. The van der Waals surface area contributed by atoms with E-state index in [1.807, 2.05) is 48.9 Å². The summed E-state index contributed by atoms with van der Waals surface area (Å²) in [5.74, 6) is 0.543. The first-order valence-corrected chi connectivity index (χ1v) is 9.33. The van der Waals surface area contributed by atoms with E-state index in [0.29, 0.717) is 16.4 Å². The second kappa shape index (κ2) is 8.18. The molecule has 0 radical (unpaired) electrons. The maximum absolute atomic E-state index is 13.0. The van der Waals surface area contributed by atoms with Gasteiger partial charge in [-0.3, -0.25) is 9.59 Å². The van der Waals surface area contributed by atoms with E-state index in [1.165, 1.54) is 18.7 Å². The molecule has 0 spiro atoms. The van der Waals surface area contributed by atoms with Crippen molar-refractivity contribution < 1.29 is 9.59 Å². The molecular weight excluding hydrogens is 360 g/mol. The van der Waals surface area contributed by atoms with Crippen molar-refractivity contribution >= 4 is 29.1 Å². The molecule has 1 N–H and O–H groups in total. The molecule has 0 aliphatic rings. The van der Waals surface area contributed by atoms with Crippen molar-refractivity contribution in [2.75, 3.05) is 5.32 Å². The molecule has 3 rings (SSSR count). The Bertz CT molecular complexity index is 969. The molecule has 6 nitrogen and oxygen atoms in total. The first-order chi connectivity index (χ1) is 13.0. The third-order valence-electron chi connectivity index (χ3n) is 4.15. The van der Waals surface area contributed by atoms with Crippen molar-refractivity contribution in [2.24, 2.45) is 7.05 Å². The number of Topliss-reactive ketones (excluding diaryl/α,β-unsaturated/α-hetero) is 1. The number of aryl methyl sites for hydroxylation is 1. The molecule has 0 saturated carbocycles. The number of thioether (sulfide) groups is 1. The summed E-state index contributed by atoms with van der Waals surface area (Å²) < 4.78 is 1.85. The van der Waals surface area contributed by atoms with Crippen LogP contribution in [0, 0.1) is 6.92 Å². The number of anilines is 1. The third kappa shape index (κ3) is 4.43. The number of aromatic nitrogens is 3. The van der Waals surface area contributed by atoms with Crippen LogP contribution in [0.15, 0.2) is 59.8 Å². The van der Waals surface area contributed by atoms with Gasteiger partial charge in [0.15, 0.2) is 10.9 Å². The smallest absolute Gasteiger partial charge is 0.242 e. The Morgan fingerprint density at radius 2 is 1.81 bits per heavy atom. The summed E-state index contributed by atoms with van der Waals surface area (Å²) in [6, 6.07) is 16.4. The number of benzene rings is 2. The van der Waals surface area contributed by atoms with E-state index in [1.54, 1.807) is 24.3 Å². The molecule has 7 heteroatoms.